The summed E-state index contributed by atoms with van der Waals surface area (Å²) in [4.78, 5) is 47.2. The van der Waals surface area contributed by atoms with Crippen LogP contribution in [0.3, 0.4) is 0 Å². The predicted molar refractivity (Wildman–Crippen MR) is 189 cm³/mol. The minimum absolute atomic E-state index is 0.0907. The number of hydrogen-bond acceptors (Lipinski definition) is 10. The van der Waals surface area contributed by atoms with Crippen molar-refractivity contribution in [1.29, 1.82) is 0 Å². The number of esters is 4. The van der Waals surface area contributed by atoms with Gasteiger partial charge in [-0.15, -0.1) is 0 Å². The molecule has 0 aromatic heterocycles. The van der Waals surface area contributed by atoms with Crippen LogP contribution in [0.15, 0.2) is 86.0 Å². The van der Waals surface area contributed by atoms with Crippen LogP contribution in [-0.4, -0.2) is 50.3 Å². The Morgan fingerprint density at radius 1 is 0.481 bits per heavy atom. The van der Waals surface area contributed by atoms with E-state index in [0.29, 0.717) is 37.9 Å². The molecule has 0 fully saturated rings. The zero-order valence-electron chi connectivity index (χ0n) is 29.1. The zero-order valence-corrected chi connectivity index (χ0v) is 29.1. The third kappa shape index (κ3) is 14.8. The molecule has 0 radical (unpaired) electrons. The summed E-state index contributed by atoms with van der Waals surface area (Å²) < 4.78 is 61.0. The lowest BCUT2D eigenvalue weighted by Crippen LogP contribution is -2.12. The second-order valence-electron chi connectivity index (χ2n) is 11.5. The lowest BCUT2D eigenvalue weighted by atomic mass is 10.1. The van der Waals surface area contributed by atoms with Gasteiger partial charge in [0, 0.05) is 12.2 Å². The van der Waals surface area contributed by atoms with Crippen LogP contribution in [0.1, 0.15) is 84.9 Å². The van der Waals surface area contributed by atoms with Crippen LogP contribution in [0, 0.1) is 11.6 Å². The van der Waals surface area contributed by atoms with Gasteiger partial charge >= 0.3 is 23.9 Å². The molecule has 3 aromatic carbocycles. The standard InChI is InChI=1S/C40H44F2O10/c1-3-35(43)49-27-13-9-5-7-11-25-47-31-19-15-29(16-20-31)39(45)51-33-23-24-34(38(42)37(33)41)52-40(46)30-17-21-32(22-18-30)48-26-12-8-6-10-14-28-50-36(44)4-2/h3-4,15-24H,1-2,5-14,25-28H2. The normalized spacial score (nSPS) is 10.5. The molecule has 278 valence electrons. The number of carbonyl (C=O) groups excluding carboxylic acids is 4. The zero-order chi connectivity index (χ0) is 37.6. The largest absolute Gasteiger partial charge is 0.494 e. The van der Waals surface area contributed by atoms with Crippen molar-refractivity contribution >= 4 is 23.9 Å². The number of ether oxygens (including phenoxy) is 6. The molecule has 0 saturated carbocycles. The Morgan fingerprint density at radius 3 is 1.15 bits per heavy atom. The van der Waals surface area contributed by atoms with E-state index in [1.807, 2.05) is 0 Å². The molecule has 0 spiro atoms. The quantitative estimate of drug-likeness (QED) is 0.0385. The van der Waals surface area contributed by atoms with E-state index in [0.717, 1.165) is 88.5 Å². The van der Waals surface area contributed by atoms with E-state index in [1.165, 1.54) is 24.3 Å². The van der Waals surface area contributed by atoms with Gasteiger partial charge in [0.15, 0.2) is 11.5 Å². The molecule has 12 heteroatoms. The first-order valence-electron chi connectivity index (χ1n) is 17.2. The third-order valence-electron chi connectivity index (χ3n) is 7.53. The average molecular weight is 723 g/mol. The first-order valence-corrected chi connectivity index (χ1v) is 17.2. The van der Waals surface area contributed by atoms with Crippen molar-refractivity contribution < 1.29 is 56.4 Å². The first kappa shape index (κ1) is 40.9. The summed E-state index contributed by atoms with van der Waals surface area (Å²) in [5.41, 5.74) is 0.181. The molecule has 0 aliphatic heterocycles. The van der Waals surface area contributed by atoms with E-state index in [-0.39, 0.29) is 11.1 Å². The highest BCUT2D eigenvalue weighted by atomic mass is 19.2. The van der Waals surface area contributed by atoms with Gasteiger partial charge < -0.3 is 28.4 Å². The molecule has 3 aromatic rings. The van der Waals surface area contributed by atoms with Gasteiger partial charge in [-0.25, -0.2) is 19.2 Å². The maximum atomic E-state index is 14.8. The van der Waals surface area contributed by atoms with Crippen molar-refractivity contribution in [3.05, 3.63) is 109 Å². The van der Waals surface area contributed by atoms with Crippen LogP contribution >= 0.6 is 0 Å². The minimum atomic E-state index is -1.49. The summed E-state index contributed by atoms with van der Waals surface area (Å²) in [6, 6.07) is 14.1. The SMILES string of the molecule is C=CC(=O)OCCCCCCCOc1ccc(C(=O)Oc2ccc(OC(=O)c3ccc(OCCCCCCCOC(=O)C=C)cc3)c(F)c2F)cc1. The van der Waals surface area contributed by atoms with E-state index in [2.05, 4.69) is 13.2 Å². The lowest BCUT2D eigenvalue weighted by Gasteiger charge is -2.11. The smallest absolute Gasteiger partial charge is 0.343 e. The van der Waals surface area contributed by atoms with Crippen LogP contribution in [-0.2, 0) is 19.1 Å². The summed E-state index contributed by atoms with van der Waals surface area (Å²) in [5, 5.41) is 0. The Hall–Kier alpha value is -5.52. The number of benzene rings is 3. The fraction of sp³-hybridized carbons (Fsp3) is 0.350. The van der Waals surface area contributed by atoms with Gasteiger partial charge in [0.1, 0.15) is 11.5 Å². The van der Waals surface area contributed by atoms with Crippen LogP contribution in [0.2, 0.25) is 0 Å². The predicted octanol–water partition coefficient (Wildman–Crippen LogP) is 8.52. The minimum Gasteiger partial charge on any atom is -0.494 e. The van der Waals surface area contributed by atoms with Crippen LogP contribution in [0.5, 0.6) is 23.0 Å². The topological polar surface area (TPSA) is 124 Å². The molecule has 0 aliphatic carbocycles. The number of hydrogen-bond donors (Lipinski definition) is 0. The van der Waals surface area contributed by atoms with Crippen molar-refractivity contribution in [3.8, 4) is 23.0 Å². The summed E-state index contributed by atoms with van der Waals surface area (Å²) in [5.74, 6) is -5.94. The summed E-state index contributed by atoms with van der Waals surface area (Å²) in [6.45, 7) is 8.38. The third-order valence-corrected chi connectivity index (χ3v) is 7.53. The van der Waals surface area contributed by atoms with E-state index < -0.39 is 47.0 Å². The lowest BCUT2D eigenvalue weighted by molar-refractivity contribution is -0.138. The van der Waals surface area contributed by atoms with E-state index in [4.69, 9.17) is 28.4 Å². The molecule has 0 bridgehead atoms. The highest BCUT2D eigenvalue weighted by Gasteiger charge is 2.21. The molecule has 0 unspecified atom stereocenters. The first-order chi connectivity index (χ1) is 25.2. The van der Waals surface area contributed by atoms with Gasteiger partial charge in [0.25, 0.3) is 0 Å². The molecule has 0 amide bonds. The van der Waals surface area contributed by atoms with E-state index >= 15 is 0 Å². The number of carbonyl (C=O) groups is 4. The molecular weight excluding hydrogens is 678 g/mol. The summed E-state index contributed by atoms with van der Waals surface area (Å²) >= 11 is 0. The maximum absolute atomic E-state index is 14.8. The Morgan fingerprint density at radius 2 is 0.808 bits per heavy atom. The maximum Gasteiger partial charge on any atom is 0.343 e. The summed E-state index contributed by atoms with van der Waals surface area (Å²) in [7, 11) is 0. The van der Waals surface area contributed by atoms with Crippen molar-refractivity contribution in [2.75, 3.05) is 26.4 Å². The highest BCUT2D eigenvalue weighted by Crippen LogP contribution is 2.29. The van der Waals surface area contributed by atoms with Gasteiger partial charge in [0.2, 0.25) is 11.6 Å². The van der Waals surface area contributed by atoms with Gasteiger partial charge in [0.05, 0.1) is 37.6 Å². The average Bonchev–Trinajstić information content (AvgIpc) is 3.16. The van der Waals surface area contributed by atoms with Gasteiger partial charge in [-0.1, -0.05) is 51.7 Å². The van der Waals surface area contributed by atoms with Crippen molar-refractivity contribution in [3.63, 3.8) is 0 Å². The molecule has 0 atom stereocenters. The molecular formula is C40H44F2O10. The molecule has 52 heavy (non-hydrogen) atoms. The second-order valence-corrected chi connectivity index (χ2v) is 11.5. The fourth-order valence-corrected chi connectivity index (χ4v) is 4.68. The monoisotopic (exact) mass is 722 g/mol. The van der Waals surface area contributed by atoms with E-state index in [9.17, 15) is 28.0 Å². The van der Waals surface area contributed by atoms with E-state index in [1.54, 1.807) is 24.3 Å². The fourth-order valence-electron chi connectivity index (χ4n) is 4.68. The van der Waals surface area contributed by atoms with Crippen molar-refractivity contribution in [1.82, 2.24) is 0 Å². The molecule has 3 rings (SSSR count). The number of halogens is 2. The highest BCUT2D eigenvalue weighted by molar-refractivity contribution is 5.92. The van der Waals surface area contributed by atoms with Crippen LogP contribution in [0.4, 0.5) is 8.78 Å². The van der Waals surface area contributed by atoms with Gasteiger partial charge in [-0.05, 0) is 86.3 Å². The molecule has 0 heterocycles. The number of unbranched alkanes of at least 4 members (excludes halogenated alkanes) is 8. The Kier molecular flexibility index (Phi) is 18.1. The molecule has 10 nitrogen and oxygen atoms in total. The summed E-state index contributed by atoms with van der Waals surface area (Å²) in [6.07, 6.45) is 11.1. The Labute approximate surface area is 302 Å². The van der Waals surface area contributed by atoms with Gasteiger partial charge in [-0.2, -0.15) is 8.78 Å². The second kappa shape index (κ2) is 23.0. The van der Waals surface area contributed by atoms with Crippen LogP contribution < -0.4 is 18.9 Å². The Balaban J connectivity index is 1.36. The Bertz CT molecular complexity index is 1500. The van der Waals surface area contributed by atoms with Crippen molar-refractivity contribution in [2.24, 2.45) is 0 Å². The van der Waals surface area contributed by atoms with Crippen molar-refractivity contribution in [2.45, 2.75) is 64.2 Å². The molecule has 0 aliphatic rings. The van der Waals surface area contributed by atoms with Crippen LogP contribution in [0.25, 0.3) is 0 Å². The van der Waals surface area contributed by atoms with Gasteiger partial charge in [-0.3, -0.25) is 0 Å². The molecule has 0 N–H and O–H groups in total. The number of rotatable bonds is 24. The molecule has 0 saturated heterocycles.